The van der Waals surface area contributed by atoms with Crippen LogP contribution in [0, 0.1) is 5.92 Å². The zero-order valence-electron chi connectivity index (χ0n) is 14.9. The molecule has 4 heteroatoms. The van der Waals surface area contributed by atoms with Crippen molar-refractivity contribution in [2.45, 2.75) is 46.0 Å². The molecule has 2 atom stereocenters. The van der Waals surface area contributed by atoms with E-state index in [0.29, 0.717) is 12.0 Å². The Morgan fingerprint density at radius 1 is 1.14 bits per heavy atom. The molecule has 1 N–H and O–H groups in total. The summed E-state index contributed by atoms with van der Waals surface area (Å²) in [5.41, 5.74) is 1.43. The quantitative estimate of drug-likeness (QED) is 0.805. The fourth-order valence-electron chi connectivity index (χ4n) is 3.17. The molecule has 22 heavy (non-hydrogen) atoms. The van der Waals surface area contributed by atoms with Crippen molar-refractivity contribution in [3.63, 3.8) is 0 Å². The Balaban J connectivity index is 2.16. The van der Waals surface area contributed by atoms with Crippen molar-refractivity contribution in [3.8, 4) is 5.75 Å². The summed E-state index contributed by atoms with van der Waals surface area (Å²) in [5, 5.41) is 3.46. The average molecular weight is 321 g/mol. The van der Waals surface area contributed by atoms with Gasteiger partial charge in [-0.15, -0.1) is 0 Å². The fourth-order valence-corrected chi connectivity index (χ4v) is 4.01. The van der Waals surface area contributed by atoms with Gasteiger partial charge >= 0.3 is 0 Å². The molecule has 1 aromatic rings. The first kappa shape index (κ1) is 17.5. The minimum atomic E-state index is -1.52. The summed E-state index contributed by atoms with van der Waals surface area (Å²) in [6.45, 7) is 15.8. The van der Waals surface area contributed by atoms with Crippen molar-refractivity contribution in [3.05, 3.63) is 29.8 Å². The largest absolute Gasteiger partial charge is 0.544 e. The van der Waals surface area contributed by atoms with Crippen molar-refractivity contribution in [2.75, 3.05) is 26.2 Å². The van der Waals surface area contributed by atoms with Crippen LogP contribution in [0.5, 0.6) is 5.75 Å². The first-order valence-corrected chi connectivity index (χ1v) is 12.1. The molecular formula is C18H32N2OSi. The molecule has 0 aromatic heterocycles. The summed E-state index contributed by atoms with van der Waals surface area (Å²) in [5.74, 6) is 1.69. The van der Waals surface area contributed by atoms with Crippen LogP contribution in [-0.2, 0) is 0 Å². The molecule has 1 heterocycles. The molecule has 124 valence electrons. The van der Waals surface area contributed by atoms with Crippen LogP contribution in [0.15, 0.2) is 24.3 Å². The third-order valence-corrected chi connectivity index (χ3v) is 5.22. The van der Waals surface area contributed by atoms with Crippen LogP contribution in [-0.4, -0.2) is 39.4 Å². The highest BCUT2D eigenvalue weighted by Gasteiger charge is 2.26. The van der Waals surface area contributed by atoms with Gasteiger partial charge in [0.15, 0.2) is 0 Å². The molecule has 0 aliphatic carbocycles. The lowest BCUT2D eigenvalue weighted by Gasteiger charge is -2.38. The summed E-state index contributed by atoms with van der Waals surface area (Å²) in [6.07, 6.45) is 1.21. The van der Waals surface area contributed by atoms with Gasteiger partial charge in [0.25, 0.3) is 0 Å². The molecule has 0 spiro atoms. The summed E-state index contributed by atoms with van der Waals surface area (Å²) in [6, 6.07) is 9.38. The summed E-state index contributed by atoms with van der Waals surface area (Å²) >= 11 is 0. The van der Waals surface area contributed by atoms with E-state index in [9.17, 15) is 0 Å². The molecule has 0 saturated carbocycles. The average Bonchev–Trinajstić information content (AvgIpc) is 2.48. The molecule has 0 bridgehead atoms. The van der Waals surface area contributed by atoms with Gasteiger partial charge in [-0.1, -0.05) is 32.4 Å². The summed E-state index contributed by atoms with van der Waals surface area (Å²) < 4.78 is 6.08. The van der Waals surface area contributed by atoms with Crippen molar-refractivity contribution >= 4 is 8.32 Å². The maximum absolute atomic E-state index is 6.08. The SMILES string of the molecule is CCC(C)[C@@H](c1ccc(O[Si](C)(C)C)cc1)N1CCNCC1. The smallest absolute Gasteiger partial charge is 0.242 e. The third kappa shape index (κ3) is 4.83. The predicted octanol–water partition coefficient (Wildman–Crippen LogP) is 3.89. The van der Waals surface area contributed by atoms with Gasteiger partial charge in [-0.05, 0) is 43.3 Å². The van der Waals surface area contributed by atoms with Crippen LogP contribution >= 0.6 is 0 Å². The minimum Gasteiger partial charge on any atom is -0.544 e. The van der Waals surface area contributed by atoms with Gasteiger partial charge in [0.1, 0.15) is 5.75 Å². The molecular weight excluding hydrogens is 288 g/mol. The van der Waals surface area contributed by atoms with E-state index in [1.807, 2.05) is 0 Å². The van der Waals surface area contributed by atoms with E-state index >= 15 is 0 Å². The van der Waals surface area contributed by atoms with Crippen molar-refractivity contribution < 1.29 is 4.43 Å². The molecule has 0 amide bonds. The highest BCUT2D eigenvalue weighted by Crippen LogP contribution is 2.32. The Morgan fingerprint density at radius 3 is 2.23 bits per heavy atom. The summed E-state index contributed by atoms with van der Waals surface area (Å²) in [4.78, 5) is 2.64. The van der Waals surface area contributed by atoms with Crippen LogP contribution in [0.4, 0.5) is 0 Å². The maximum Gasteiger partial charge on any atom is 0.242 e. The second kappa shape index (κ2) is 7.62. The van der Waals surface area contributed by atoms with Gasteiger partial charge in [-0.3, -0.25) is 4.90 Å². The molecule has 1 aliphatic rings. The van der Waals surface area contributed by atoms with Gasteiger partial charge < -0.3 is 9.74 Å². The van der Waals surface area contributed by atoms with Crippen molar-refractivity contribution in [1.82, 2.24) is 10.2 Å². The molecule has 1 saturated heterocycles. The van der Waals surface area contributed by atoms with Gasteiger partial charge in [-0.2, -0.15) is 0 Å². The number of hydrogen-bond acceptors (Lipinski definition) is 3. The number of nitrogens with zero attached hydrogens (tertiary/aromatic N) is 1. The van der Waals surface area contributed by atoms with Gasteiger partial charge in [0.05, 0.1) is 0 Å². The number of nitrogens with one attached hydrogen (secondary N) is 1. The Hall–Kier alpha value is -0.843. The van der Waals surface area contributed by atoms with Gasteiger partial charge in [0.2, 0.25) is 8.32 Å². The lowest BCUT2D eigenvalue weighted by Crippen LogP contribution is -2.46. The van der Waals surface area contributed by atoms with Gasteiger partial charge in [-0.25, -0.2) is 0 Å². The molecule has 3 nitrogen and oxygen atoms in total. The van der Waals surface area contributed by atoms with Crippen molar-refractivity contribution in [1.29, 1.82) is 0 Å². The van der Waals surface area contributed by atoms with E-state index in [-0.39, 0.29) is 0 Å². The standard InChI is InChI=1S/C18H32N2OSi/c1-6-15(2)18(20-13-11-19-12-14-20)16-7-9-17(10-8-16)21-22(3,4)5/h7-10,15,18-19H,6,11-14H2,1-5H3/t15?,18-/m0/s1. The first-order chi connectivity index (χ1) is 10.4. The minimum absolute atomic E-state index is 0.521. The first-order valence-electron chi connectivity index (χ1n) is 8.64. The zero-order valence-corrected chi connectivity index (χ0v) is 15.9. The molecule has 1 fully saturated rings. The Labute approximate surface area is 137 Å². The Kier molecular flexibility index (Phi) is 6.06. The van der Waals surface area contributed by atoms with E-state index in [4.69, 9.17) is 4.43 Å². The molecule has 1 aromatic carbocycles. The van der Waals surface area contributed by atoms with E-state index in [0.717, 1.165) is 31.9 Å². The highest BCUT2D eigenvalue weighted by atomic mass is 28.4. The second-order valence-electron chi connectivity index (χ2n) is 7.40. The molecule has 1 unspecified atom stereocenters. The highest BCUT2D eigenvalue weighted by molar-refractivity contribution is 6.70. The number of hydrogen-bond donors (Lipinski definition) is 1. The van der Waals surface area contributed by atoms with Crippen LogP contribution in [0.25, 0.3) is 0 Å². The lowest BCUT2D eigenvalue weighted by molar-refractivity contribution is 0.128. The molecule has 1 aliphatic heterocycles. The Morgan fingerprint density at radius 2 is 1.73 bits per heavy atom. The van der Waals surface area contributed by atoms with E-state index in [1.54, 1.807) is 0 Å². The van der Waals surface area contributed by atoms with E-state index < -0.39 is 8.32 Å². The lowest BCUT2D eigenvalue weighted by atomic mass is 9.90. The number of rotatable bonds is 6. The Bertz CT molecular complexity index is 449. The number of piperazine rings is 1. The summed E-state index contributed by atoms with van der Waals surface area (Å²) in [7, 11) is -1.52. The van der Waals surface area contributed by atoms with Crippen LogP contribution in [0.2, 0.25) is 19.6 Å². The monoisotopic (exact) mass is 320 g/mol. The van der Waals surface area contributed by atoms with E-state index in [2.05, 4.69) is 68.0 Å². The predicted molar refractivity (Wildman–Crippen MR) is 97.1 cm³/mol. The van der Waals surface area contributed by atoms with Crippen LogP contribution < -0.4 is 9.74 Å². The van der Waals surface area contributed by atoms with Gasteiger partial charge in [0, 0.05) is 32.2 Å². The van der Waals surface area contributed by atoms with E-state index in [1.165, 1.54) is 12.0 Å². The molecule has 2 rings (SSSR count). The zero-order chi connectivity index (χ0) is 16.2. The topological polar surface area (TPSA) is 24.5 Å². The molecule has 0 radical (unpaired) electrons. The van der Waals surface area contributed by atoms with Crippen molar-refractivity contribution in [2.24, 2.45) is 5.92 Å². The normalized spacial score (nSPS) is 19.7. The fraction of sp³-hybridized carbons (Fsp3) is 0.667. The third-order valence-electron chi connectivity index (χ3n) is 4.37. The van der Waals surface area contributed by atoms with Crippen LogP contribution in [0.1, 0.15) is 31.9 Å². The maximum atomic E-state index is 6.08. The van der Waals surface area contributed by atoms with Crippen LogP contribution in [0.3, 0.4) is 0 Å². The second-order valence-corrected chi connectivity index (χ2v) is 11.8. The number of benzene rings is 1.